The number of carbonyl (C=O) groups excluding carboxylic acids is 2. The number of unbranched alkanes of at least 4 members (excludes halogenated alkanes) is 10. The fraction of sp³-hybridized carbons (Fsp3) is 0.920. The summed E-state index contributed by atoms with van der Waals surface area (Å²) in [6.45, 7) is 2.91. The largest absolute Gasteiger partial charge is 1.00 e. The van der Waals surface area contributed by atoms with Crippen LogP contribution in [0.15, 0.2) is 0 Å². The monoisotopic (exact) mass is 564 g/mol. The molecule has 0 aliphatic heterocycles. The Kier molecular flexibility index (Phi) is 26.0. The van der Waals surface area contributed by atoms with Crippen LogP contribution in [-0.2, 0) is 33.4 Å². The van der Waals surface area contributed by atoms with E-state index in [1.807, 2.05) is 0 Å². The molecule has 0 aliphatic carbocycles. The second-order valence-corrected chi connectivity index (χ2v) is 10.8. The summed E-state index contributed by atoms with van der Waals surface area (Å²) in [4.78, 5) is 25.0. The molecule has 0 fully saturated rings. The van der Waals surface area contributed by atoms with Crippen molar-refractivity contribution in [2.75, 3.05) is 26.4 Å². The Balaban J connectivity index is -0.00000612. The van der Waals surface area contributed by atoms with Crippen molar-refractivity contribution >= 4 is 22.1 Å². The Morgan fingerprint density at radius 1 is 0.784 bits per heavy atom. The molecule has 12 heteroatoms. The van der Waals surface area contributed by atoms with Crippen molar-refractivity contribution in [1.29, 1.82) is 0 Å². The third kappa shape index (κ3) is 20.3. The Bertz CT molecular complexity index is 681. The molecule has 0 saturated carbocycles. The molecule has 0 rings (SSSR count). The van der Waals surface area contributed by atoms with Gasteiger partial charge in [-0.15, -0.1) is 0 Å². The molecule has 0 saturated heterocycles. The van der Waals surface area contributed by atoms with Gasteiger partial charge in [-0.2, -0.15) is 8.42 Å². The molecular weight excluding hydrogens is 515 g/mol. The van der Waals surface area contributed by atoms with Crippen LogP contribution in [0.3, 0.4) is 0 Å². The van der Waals surface area contributed by atoms with Gasteiger partial charge in [-0.3, -0.25) is 13.8 Å². The van der Waals surface area contributed by atoms with Crippen LogP contribution in [0.1, 0.15) is 105 Å². The first-order valence-corrected chi connectivity index (χ1v) is 14.8. The van der Waals surface area contributed by atoms with Crippen LogP contribution in [0, 0.1) is 0 Å². The number of esters is 2. The fourth-order valence-corrected chi connectivity index (χ4v) is 4.81. The van der Waals surface area contributed by atoms with Crippen LogP contribution in [0.25, 0.3) is 0 Å². The maximum atomic E-state index is 12.8. The van der Waals surface area contributed by atoms with Crippen molar-refractivity contribution in [1.82, 2.24) is 0 Å². The third-order valence-corrected chi connectivity index (χ3v) is 7.28. The smallest absolute Gasteiger partial charge is 1.00 e. The molecule has 0 aliphatic rings. The third-order valence-electron chi connectivity index (χ3n) is 5.69. The molecule has 0 radical (unpaired) electrons. The van der Waals surface area contributed by atoms with Crippen LogP contribution in [0.2, 0.25) is 0 Å². The van der Waals surface area contributed by atoms with Gasteiger partial charge in [-0.25, -0.2) is 0 Å². The fourth-order valence-electron chi connectivity index (χ4n) is 3.51. The zero-order valence-electron chi connectivity index (χ0n) is 24.1. The number of hydrogen-bond acceptors (Lipinski definition) is 10. The summed E-state index contributed by atoms with van der Waals surface area (Å²) >= 11 is 0. The zero-order chi connectivity index (χ0) is 27.2. The van der Waals surface area contributed by atoms with Crippen molar-refractivity contribution in [3.05, 3.63) is 0 Å². The van der Waals surface area contributed by atoms with E-state index in [1.165, 1.54) is 0 Å². The molecule has 3 N–H and O–H groups in total. The maximum Gasteiger partial charge on any atom is 1.00 e. The van der Waals surface area contributed by atoms with Crippen LogP contribution in [-0.4, -0.2) is 79.6 Å². The molecule has 0 amide bonds. The summed E-state index contributed by atoms with van der Waals surface area (Å²) < 4.78 is 40.9. The summed E-state index contributed by atoms with van der Waals surface area (Å²) in [6, 6.07) is 0. The summed E-state index contributed by atoms with van der Waals surface area (Å²) in [7, 11) is -4.71. The molecule has 0 heterocycles. The van der Waals surface area contributed by atoms with Gasteiger partial charge in [0.25, 0.3) is 10.1 Å². The van der Waals surface area contributed by atoms with Gasteiger partial charge in [-0.05, 0) is 12.8 Å². The first kappa shape index (κ1) is 38.9. The minimum atomic E-state index is -4.71. The molecule has 0 bridgehead atoms. The maximum absolute atomic E-state index is 12.8. The summed E-state index contributed by atoms with van der Waals surface area (Å²) in [5.41, 5.74) is 0. The number of aliphatic hydroxyl groups is 3. The molecule has 0 aromatic carbocycles. The molecular formula is C25H49NaO10S. The van der Waals surface area contributed by atoms with Gasteiger partial charge in [0.1, 0.15) is 6.10 Å². The van der Waals surface area contributed by atoms with E-state index >= 15 is 0 Å². The second-order valence-electron chi connectivity index (χ2n) is 9.08. The van der Waals surface area contributed by atoms with E-state index in [9.17, 15) is 28.2 Å². The number of hydrogen-bond donors (Lipinski definition) is 3. The van der Waals surface area contributed by atoms with Crippen LogP contribution in [0.4, 0.5) is 0 Å². The quantitative estimate of drug-likeness (QED) is 0.0637. The van der Waals surface area contributed by atoms with Gasteiger partial charge in [0, 0.05) is 6.42 Å². The predicted octanol–water partition coefficient (Wildman–Crippen LogP) is 0.120. The standard InChI is InChI=1S/C25H48O10S.Na.H/c1-3-5-7-9-11-13-15-33-24(29)18-23(25(30)34-16-14-12-10-8-6-4-2)36(31,32)35-22(20-27)17-21(28)19-26;;/h21-23,26-28H,3-20H2,1-2H3;;/q;+1;-1. The number of ether oxygens (including phenoxy) is 2. The van der Waals surface area contributed by atoms with E-state index in [4.69, 9.17) is 18.8 Å². The van der Waals surface area contributed by atoms with Gasteiger partial charge >= 0.3 is 41.5 Å². The minimum absolute atomic E-state index is 0. The first-order chi connectivity index (χ1) is 17.2. The topological polar surface area (TPSA) is 157 Å². The zero-order valence-corrected chi connectivity index (χ0v) is 25.9. The Labute approximate surface area is 246 Å². The molecule has 3 unspecified atom stereocenters. The second kappa shape index (κ2) is 24.7. The molecule has 37 heavy (non-hydrogen) atoms. The van der Waals surface area contributed by atoms with Crippen molar-refractivity contribution in [3.8, 4) is 0 Å². The van der Waals surface area contributed by atoms with Crippen LogP contribution >= 0.6 is 0 Å². The van der Waals surface area contributed by atoms with Crippen LogP contribution in [0.5, 0.6) is 0 Å². The van der Waals surface area contributed by atoms with E-state index in [1.54, 1.807) is 0 Å². The average Bonchev–Trinajstić information content (AvgIpc) is 2.85. The summed E-state index contributed by atoms with van der Waals surface area (Å²) in [6.07, 6.45) is 7.68. The van der Waals surface area contributed by atoms with E-state index < -0.39 is 59.1 Å². The first-order valence-electron chi connectivity index (χ1n) is 13.4. The van der Waals surface area contributed by atoms with E-state index in [2.05, 4.69) is 13.8 Å². The number of aliphatic hydroxyl groups excluding tert-OH is 3. The minimum Gasteiger partial charge on any atom is -1.00 e. The molecule has 0 spiro atoms. The van der Waals surface area contributed by atoms with Crippen LogP contribution < -0.4 is 29.6 Å². The normalized spacial score (nSPS) is 13.9. The number of carbonyl (C=O) groups is 2. The molecule has 3 atom stereocenters. The van der Waals surface area contributed by atoms with Gasteiger partial charge in [0.05, 0.1) is 39.0 Å². The molecule has 10 nitrogen and oxygen atoms in total. The Hall–Kier alpha value is -0.270. The summed E-state index contributed by atoms with van der Waals surface area (Å²) in [5, 5.41) is 26.0. The van der Waals surface area contributed by atoms with Gasteiger partial charge in [0.2, 0.25) is 0 Å². The number of rotatable bonds is 24. The van der Waals surface area contributed by atoms with Gasteiger partial charge < -0.3 is 26.2 Å². The predicted molar refractivity (Wildman–Crippen MR) is 137 cm³/mol. The van der Waals surface area contributed by atoms with Crippen molar-refractivity contribution in [3.63, 3.8) is 0 Å². The van der Waals surface area contributed by atoms with Crippen molar-refractivity contribution < 1.29 is 78.0 Å². The molecule has 0 aromatic rings. The van der Waals surface area contributed by atoms with E-state index in [0.29, 0.717) is 12.8 Å². The van der Waals surface area contributed by atoms with E-state index in [0.717, 1.165) is 64.2 Å². The molecule has 0 aromatic heterocycles. The Morgan fingerprint density at radius 3 is 1.76 bits per heavy atom. The van der Waals surface area contributed by atoms with Crippen molar-refractivity contribution in [2.45, 2.75) is 121 Å². The average molecular weight is 565 g/mol. The Morgan fingerprint density at radius 2 is 1.27 bits per heavy atom. The van der Waals surface area contributed by atoms with Crippen molar-refractivity contribution in [2.24, 2.45) is 0 Å². The molecule has 216 valence electrons. The van der Waals surface area contributed by atoms with Gasteiger partial charge in [-0.1, -0.05) is 78.1 Å². The summed E-state index contributed by atoms with van der Waals surface area (Å²) in [5.74, 6) is -1.99. The van der Waals surface area contributed by atoms with E-state index in [-0.39, 0.29) is 50.6 Å². The van der Waals surface area contributed by atoms with Gasteiger partial charge in [0.15, 0.2) is 5.25 Å². The SMILES string of the molecule is CCCCCCCCOC(=O)CC(C(=O)OCCCCCCCC)S(=O)(=O)OC(CO)CC(O)CO.[H-].[Na+].